The highest BCUT2D eigenvalue weighted by Crippen LogP contribution is 2.31. The Morgan fingerprint density at radius 2 is 1.72 bits per heavy atom. The molecule has 13 heteroatoms. The van der Waals surface area contributed by atoms with Crippen molar-refractivity contribution in [3.8, 4) is 17.1 Å². The minimum atomic E-state index is -3.68. The van der Waals surface area contributed by atoms with Crippen LogP contribution in [-0.2, 0) is 22.8 Å². The molecule has 1 aliphatic heterocycles. The number of imidazole rings is 1. The number of sulfone groups is 1. The maximum Gasteiger partial charge on any atom is 0.277 e. The summed E-state index contributed by atoms with van der Waals surface area (Å²) in [6, 6.07) is 14.0. The lowest BCUT2D eigenvalue weighted by atomic mass is 10.1. The molecule has 0 saturated carbocycles. The summed E-state index contributed by atoms with van der Waals surface area (Å²) in [6.45, 7) is 0.317. The number of amides is 2. The molecule has 1 aliphatic rings. The summed E-state index contributed by atoms with van der Waals surface area (Å²) in [7, 11) is -0.736. The molecular formula is C26H25N6O6S-. The fourth-order valence-electron chi connectivity index (χ4n) is 4.54. The van der Waals surface area contributed by atoms with Gasteiger partial charge in [-0.15, -0.1) is 0 Å². The van der Waals surface area contributed by atoms with Gasteiger partial charge in [-0.1, -0.05) is 0 Å². The van der Waals surface area contributed by atoms with Gasteiger partial charge in [-0.05, 0) is 55.0 Å². The van der Waals surface area contributed by atoms with Crippen molar-refractivity contribution < 1.29 is 27.9 Å². The number of ether oxygens (including phenoxy) is 1. The molecule has 39 heavy (non-hydrogen) atoms. The average Bonchev–Trinajstić information content (AvgIpc) is 3.54. The lowest BCUT2D eigenvalue weighted by Crippen LogP contribution is -2.39. The third-order valence-corrected chi connectivity index (χ3v) is 7.53. The molecule has 12 nitrogen and oxygen atoms in total. The molecule has 2 aromatic carbocycles. The zero-order valence-electron chi connectivity index (χ0n) is 21.4. The molecule has 0 fully saturated rings. The molecule has 0 atom stereocenters. The van der Waals surface area contributed by atoms with Gasteiger partial charge in [-0.25, -0.2) is 18.1 Å². The highest BCUT2D eigenvalue weighted by Gasteiger charge is 2.35. The van der Waals surface area contributed by atoms with E-state index in [9.17, 15) is 23.1 Å². The zero-order valence-corrected chi connectivity index (χ0v) is 22.3. The molecule has 3 heterocycles. The molecule has 4 aromatic rings. The summed E-state index contributed by atoms with van der Waals surface area (Å²) in [5, 5.41) is 15.3. The van der Waals surface area contributed by atoms with Gasteiger partial charge in [-0.3, -0.25) is 4.79 Å². The number of fused-ring (bicyclic) bond motifs is 1. The molecule has 2 amide bonds. The van der Waals surface area contributed by atoms with Crippen LogP contribution in [0.5, 0.6) is 5.75 Å². The fraction of sp³-hybridized carbons (Fsp3) is 0.231. The highest BCUT2D eigenvalue weighted by molar-refractivity contribution is 7.90. The monoisotopic (exact) mass is 549 g/mol. The van der Waals surface area contributed by atoms with Crippen LogP contribution in [0.25, 0.3) is 11.4 Å². The summed E-state index contributed by atoms with van der Waals surface area (Å²) >= 11 is 0. The van der Waals surface area contributed by atoms with Crippen LogP contribution in [0.3, 0.4) is 0 Å². The summed E-state index contributed by atoms with van der Waals surface area (Å²) in [6.07, 6.45) is 3.37. The standard InChI is InChI=1S/C26H26N6O6S/c1-29(26(34)35)16-22-27-13-15-30(22)17-4-6-18(7-5-17)31-14-12-21-23(25(31)33)32(28-24(21)39(3,36)37)19-8-10-20(38-2)11-9-19/h4-11,13,15H,12,14,16H2,1-3H3,(H,34,35)/p-1. The van der Waals surface area contributed by atoms with Gasteiger partial charge in [0.15, 0.2) is 14.9 Å². The summed E-state index contributed by atoms with van der Waals surface area (Å²) in [4.78, 5) is 31.7. The van der Waals surface area contributed by atoms with Crippen molar-refractivity contribution in [1.82, 2.24) is 24.2 Å². The first kappa shape index (κ1) is 26.0. The molecule has 5 rings (SSSR count). The normalized spacial score (nSPS) is 13.3. The lowest BCUT2D eigenvalue weighted by Gasteiger charge is -2.28. The molecule has 0 radical (unpaired) electrons. The number of anilines is 1. The molecule has 202 valence electrons. The van der Waals surface area contributed by atoms with E-state index >= 15 is 0 Å². The number of benzene rings is 2. The van der Waals surface area contributed by atoms with Gasteiger partial charge in [0.05, 0.1) is 19.3 Å². The highest BCUT2D eigenvalue weighted by atomic mass is 32.2. The number of methoxy groups -OCH3 is 1. The van der Waals surface area contributed by atoms with Gasteiger partial charge < -0.3 is 29.0 Å². The Bertz CT molecular complexity index is 1660. The van der Waals surface area contributed by atoms with Crippen LogP contribution in [-0.4, -0.2) is 71.6 Å². The Hall–Kier alpha value is -4.65. The summed E-state index contributed by atoms with van der Waals surface area (Å²) in [5.74, 6) is 0.745. The minimum Gasteiger partial charge on any atom is -0.530 e. The first-order valence-corrected chi connectivity index (χ1v) is 13.8. The van der Waals surface area contributed by atoms with Gasteiger partial charge in [0.1, 0.15) is 23.4 Å². The zero-order chi connectivity index (χ0) is 27.9. The van der Waals surface area contributed by atoms with E-state index in [1.807, 2.05) is 0 Å². The van der Waals surface area contributed by atoms with Crippen molar-refractivity contribution in [2.45, 2.75) is 18.0 Å². The first-order chi connectivity index (χ1) is 18.6. The third kappa shape index (κ3) is 4.83. The lowest BCUT2D eigenvalue weighted by molar-refractivity contribution is -0.264. The Kier molecular flexibility index (Phi) is 6.60. The Labute approximate surface area is 224 Å². The molecule has 0 unspecified atom stereocenters. The number of carbonyl (C=O) groups is 2. The molecule has 0 saturated heterocycles. The third-order valence-electron chi connectivity index (χ3n) is 6.50. The number of carbonyl (C=O) groups excluding carboxylic acids is 2. The second-order valence-electron chi connectivity index (χ2n) is 9.07. The number of hydrogen-bond donors (Lipinski definition) is 0. The number of hydrogen-bond acceptors (Lipinski definition) is 8. The van der Waals surface area contributed by atoms with Gasteiger partial charge in [0, 0.05) is 49.2 Å². The summed E-state index contributed by atoms with van der Waals surface area (Å²) in [5.41, 5.74) is 2.46. The van der Waals surface area contributed by atoms with E-state index in [2.05, 4.69) is 10.1 Å². The minimum absolute atomic E-state index is 0.0441. The van der Waals surface area contributed by atoms with Gasteiger partial charge in [0.2, 0.25) is 0 Å². The second-order valence-corrected chi connectivity index (χ2v) is 11.0. The van der Waals surface area contributed by atoms with Crippen molar-refractivity contribution in [2.24, 2.45) is 0 Å². The van der Waals surface area contributed by atoms with Gasteiger partial charge in [-0.2, -0.15) is 5.10 Å². The van der Waals surface area contributed by atoms with Crippen molar-refractivity contribution >= 4 is 27.5 Å². The average molecular weight is 550 g/mol. The summed E-state index contributed by atoms with van der Waals surface area (Å²) < 4.78 is 33.4. The maximum atomic E-state index is 13.8. The number of aromatic nitrogens is 4. The first-order valence-electron chi connectivity index (χ1n) is 11.9. The number of rotatable bonds is 7. The molecule has 0 N–H and O–H groups in total. The van der Waals surface area contributed by atoms with Crippen molar-refractivity contribution in [3.05, 3.63) is 78.0 Å². The van der Waals surface area contributed by atoms with E-state index < -0.39 is 15.9 Å². The maximum absolute atomic E-state index is 13.8. The predicted octanol–water partition coefficient (Wildman–Crippen LogP) is 1.45. The SMILES string of the molecule is COc1ccc(-n2nc(S(C)(=O)=O)c3c2C(=O)N(c2ccc(-n4ccnc4CN(C)C(=O)[O-])cc2)CC3)cc1. The number of carboxylic acid groups (broad SMARTS) is 1. The molecule has 0 aliphatic carbocycles. The second kappa shape index (κ2) is 9.91. The largest absolute Gasteiger partial charge is 0.530 e. The molecular weight excluding hydrogens is 524 g/mol. The quantitative estimate of drug-likeness (QED) is 0.337. The van der Waals surface area contributed by atoms with E-state index in [-0.39, 0.29) is 29.7 Å². The topological polar surface area (TPSA) is 143 Å². The van der Waals surface area contributed by atoms with Gasteiger partial charge >= 0.3 is 0 Å². The van der Waals surface area contributed by atoms with E-state index in [1.54, 1.807) is 77.5 Å². The fourth-order valence-corrected chi connectivity index (χ4v) is 5.42. The Morgan fingerprint density at radius 1 is 1.08 bits per heavy atom. The van der Waals surface area contributed by atoms with Crippen LogP contribution in [0.4, 0.5) is 10.5 Å². The van der Waals surface area contributed by atoms with Crippen LogP contribution < -0.4 is 14.7 Å². The van der Waals surface area contributed by atoms with Crippen LogP contribution >= 0.6 is 0 Å². The van der Waals surface area contributed by atoms with E-state index in [0.29, 0.717) is 34.9 Å². The molecule has 2 aromatic heterocycles. The van der Waals surface area contributed by atoms with Crippen molar-refractivity contribution in [1.29, 1.82) is 0 Å². The Balaban J connectivity index is 1.49. The van der Waals surface area contributed by atoms with Crippen LogP contribution in [0.1, 0.15) is 21.9 Å². The smallest absolute Gasteiger partial charge is 0.277 e. The van der Waals surface area contributed by atoms with E-state index in [1.165, 1.54) is 11.7 Å². The Morgan fingerprint density at radius 3 is 2.33 bits per heavy atom. The van der Waals surface area contributed by atoms with Crippen LogP contribution in [0.2, 0.25) is 0 Å². The van der Waals surface area contributed by atoms with Gasteiger partial charge in [0.25, 0.3) is 5.91 Å². The van der Waals surface area contributed by atoms with Crippen molar-refractivity contribution in [2.75, 3.05) is 31.9 Å². The number of nitrogens with zero attached hydrogens (tertiary/aromatic N) is 6. The predicted molar refractivity (Wildman–Crippen MR) is 139 cm³/mol. The van der Waals surface area contributed by atoms with E-state index in [0.717, 1.165) is 16.8 Å². The molecule has 0 bridgehead atoms. The molecule has 0 spiro atoms. The van der Waals surface area contributed by atoms with Crippen LogP contribution in [0.15, 0.2) is 66.0 Å². The van der Waals surface area contributed by atoms with E-state index in [4.69, 9.17) is 4.74 Å². The van der Waals surface area contributed by atoms with Crippen molar-refractivity contribution in [3.63, 3.8) is 0 Å². The van der Waals surface area contributed by atoms with Crippen LogP contribution in [0, 0.1) is 0 Å².